The van der Waals surface area contributed by atoms with Crippen molar-refractivity contribution in [1.82, 2.24) is 19.8 Å². The van der Waals surface area contributed by atoms with Gasteiger partial charge in [0.05, 0.1) is 23.5 Å². The first-order valence-electron chi connectivity index (χ1n) is 10.9. The number of rotatable bonds is 5. The van der Waals surface area contributed by atoms with Gasteiger partial charge in [0.1, 0.15) is 5.82 Å². The minimum atomic E-state index is 0.103. The molecule has 5 nitrogen and oxygen atoms in total. The molecule has 1 aliphatic rings. The minimum Gasteiger partial charge on any atom is -0.342 e. The number of aromatic amines is 1. The molecular weight excluding hydrogens is 420 g/mol. The van der Waals surface area contributed by atoms with Crippen LogP contribution in [0.3, 0.4) is 0 Å². The van der Waals surface area contributed by atoms with Crippen LogP contribution in [-0.4, -0.2) is 51.9 Å². The normalized spacial score (nSPS) is 14.9. The number of benzene rings is 3. The second-order valence-electron chi connectivity index (χ2n) is 8.16. The van der Waals surface area contributed by atoms with E-state index in [0.717, 1.165) is 24.1 Å². The number of H-pyrrole nitrogens is 1. The van der Waals surface area contributed by atoms with Crippen molar-refractivity contribution in [2.45, 2.75) is 12.5 Å². The van der Waals surface area contributed by atoms with Gasteiger partial charge in [0, 0.05) is 31.2 Å². The molecule has 0 radical (unpaired) electrons. The van der Waals surface area contributed by atoms with Gasteiger partial charge < -0.3 is 9.88 Å². The van der Waals surface area contributed by atoms with E-state index in [4.69, 9.17) is 11.6 Å². The zero-order valence-electron chi connectivity index (χ0n) is 17.7. The maximum atomic E-state index is 12.9. The highest BCUT2D eigenvalue weighted by Gasteiger charge is 2.28. The number of amides is 1. The molecule has 5 rings (SSSR count). The van der Waals surface area contributed by atoms with Crippen LogP contribution in [0.5, 0.6) is 0 Å². The van der Waals surface area contributed by atoms with Crippen molar-refractivity contribution in [2.24, 2.45) is 0 Å². The molecule has 162 valence electrons. The molecule has 1 N–H and O–H groups in total. The molecular formula is C26H25ClN4O. The van der Waals surface area contributed by atoms with Crippen molar-refractivity contribution in [1.29, 1.82) is 0 Å². The Kier molecular flexibility index (Phi) is 5.93. The standard InChI is InChI=1S/C26H25ClN4O/c27-21-11-12-22-23(17-21)29-24(28-22)18-25(32)30-13-15-31(16-14-30)26(19-7-3-1-4-8-19)20-9-5-2-6-10-20/h1-12,17,26H,13-16,18H2,(H,28,29). The summed E-state index contributed by atoms with van der Waals surface area (Å²) in [5.74, 6) is 0.784. The number of aromatic nitrogens is 2. The van der Waals surface area contributed by atoms with E-state index in [1.165, 1.54) is 11.1 Å². The lowest BCUT2D eigenvalue weighted by Crippen LogP contribution is -2.50. The molecule has 6 heteroatoms. The number of fused-ring (bicyclic) bond motifs is 1. The van der Waals surface area contributed by atoms with Crippen molar-refractivity contribution in [2.75, 3.05) is 26.2 Å². The third-order valence-electron chi connectivity index (χ3n) is 6.08. The van der Waals surface area contributed by atoms with E-state index >= 15 is 0 Å². The molecule has 1 aromatic heterocycles. The number of piperazine rings is 1. The van der Waals surface area contributed by atoms with Gasteiger partial charge in [0.15, 0.2) is 0 Å². The van der Waals surface area contributed by atoms with E-state index in [1.807, 2.05) is 35.2 Å². The van der Waals surface area contributed by atoms with E-state index in [2.05, 4.69) is 63.4 Å². The number of nitrogens with one attached hydrogen (secondary N) is 1. The molecule has 0 atom stereocenters. The summed E-state index contributed by atoms with van der Waals surface area (Å²) in [7, 11) is 0. The molecule has 0 saturated carbocycles. The van der Waals surface area contributed by atoms with Crippen LogP contribution in [-0.2, 0) is 11.2 Å². The number of nitrogens with zero attached hydrogens (tertiary/aromatic N) is 3. The molecule has 0 unspecified atom stereocenters. The van der Waals surface area contributed by atoms with Crippen LogP contribution < -0.4 is 0 Å². The topological polar surface area (TPSA) is 52.2 Å². The molecule has 32 heavy (non-hydrogen) atoms. The Balaban J connectivity index is 1.27. The van der Waals surface area contributed by atoms with Gasteiger partial charge in [-0.2, -0.15) is 0 Å². The van der Waals surface area contributed by atoms with E-state index in [0.29, 0.717) is 23.9 Å². The quantitative estimate of drug-likeness (QED) is 0.485. The Bertz CT molecular complexity index is 1160. The Morgan fingerprint density at radius 2 is 1.53 bits per heavy atom. The molecule has 4 aromatic rings. The summed E-state index contributed by atoms with van der Waals surface area (Å²) in [4.78, 5) is 25.1. The molecule has 0 spiro atoms. The summed E-state index contributed by atoms with van der Waals surface area (Å²) in [5.41, 5.74) is 4.24. The highest BCUT2D eigenvalue weighted by molar-refractivity contribution is 6.31. The first kappa shape index (κ1) is 20.7. The average Bonchev–Trinajstić information content (AvgIpc) is 3.22. The van der Waals surface area contributed by atoms with Gasteiger partial charge in [0.25, 0.3) is 0 Å². The maximum Gasteiger partial charge on any atom is 0.230 e. The second kappa shape index (κ2) is 9.15. The molecule has 2 heterocycles. The number of carbonyl (C=O) groups excluding carboxylic acids is 1. The summed E-state index contributed by atoms with van der Waals surface area (Å²) in [6, 6.07) is 26.9. The monoisotopic (exact) mass is 444 g/mol. The summed E-state index contributed by atoms with van der Waals surface area (Å²) >= 11 is 6.05. The number of carbonyl (C=O) groups is 1. The Hall–Kier alpha value is -3.15. The van der Waals surface area contributed by atoms with Gasteiger partial charge in [-0.1, -0.05) is 72.3 Å². The predicted octanol–water partition coefficient (Wildman–Crippen LogP) is 4.69. The lowest BCUT2D eigenvalue weighted by molar-refractivity contribution is -0.132. The number of halogens is 1. The van der Waals surface area contributed by atoms with Gasteiger partial charge >= 0.3 is 0 Å². The number of hydrogen-bond acceptors (Lipinski definition) is 3. The highest BCUT2D eigenvalue weighted by atomic mass is 35.5. The lowest BCUT2D eigenvalue weighted by Gasteiger charge is -2.39. The fraction of sp³-hybridized carbons (Fsp3) is 0.231. The highest BCUT2D eigenvalue weighted by Crippen LogP contribution is 2.29. The molecule has 1 amide bonds. The largest absolute Gasteiger partial charge is 0.342 e. The smallest absolute Gasteiger partial charge is 0.230 e. The maximum absolute atomic E-state index is 12.9. The van der Waals surface area contributed by atoms with Gasteiger partial charge in [-0.15, -0.1) is 0 Å². The van der Waals surface area contributed by atoms with Gasteiger partial charge in [-0.25, -0.2) is 4.98 Å². The van der Waals surface area contributed by atoms with Crippen LogP contribution in [0.15, 0.2) is 78.9 Å². The molecule has 0 aliphatic carbocycles. The van der Waals surface area contributed by atoms with Gasteiger partial charge in [-0.3, -0.25) is 9.69 Å². The zero-order valence-corrected chi connectivity index (χ0v) is 18.5. The first-order valence-corrected chi connectivity index (χ1v) is 11.3. The third-order valence-corrected chi connectivity index (χ3v) is 6.31. The Morgan fingerprint density at radius 1 is 0.906 bits per heavy atom. The molecule has 1 fully saturated rings. The van der Waals surface area contributed by atoms with Crippen LogP contribution in [0.2, 0.25) is 5.02 Å². The third kappa shape index (κ3) is 4.40. The fourth-order valence-electron chi connectivity index (χ4n) is 4.48. The Morgan fingerprint density at radius 3 is 2.16 bits per heavy atom. The molecule has 1 saturated heterocycles. The molecule has 3 aromatic carbocycles. The van der Waals surface area contributed by atoms with Crippen LogP contribution in [0.1, 0.15) is 23.0 Å². The van der Waals surface area contributed by atoms with Crippen LogP contribution in [0, 0.1) is 0 Å². The zero-order chi connectivity index (χ0) is 21.9. The fourth-order valence-corrected chi connectivity index (χ4v) is 4.65. The van der Waals surface area contributed by atoms with Gasteiger partial charge in [-0.05, 0) is 29.3 Å². The van der Waals surface area contributed by atoms with Crippen molar-refractivity contribution >= 4 is 28.5 Å². The minimum absolute atomic E-state index is 0.103. The number of hydrogen-bond donors (Lipinski definition) is 1. The average molecular weight is 445 g/mol. The van der Waals surface area contributed by atoms with Crippen molar-refractivity contribution in [3.8, 4) is 0 Å². The van der Waals surface area contributed by atoms with Crippen molar-refractivity contribution < 1.29 is 4.79 Å². The summed E-state index contributed by atoms with van der Waals surface area (Å²) in [5, 5.41) is 0.643. The first-order chi connectivity index (χ1) is 15.7. The van der Waals surface area contributed by atoms with E-state index in [-0.39, 0.29) is 18.4 Å². The molecule has 0 bridgehead atoms. The van der Waals surface area contributed by atoms with Gasteiger partial charge in [0.2, 0.25) is 5.91 Å². The number of imidazole rings is 1. The Labute approximate surface area is 192 Å². The van der Waals surface area contributed by atoms with Crippen LogP contribution >= 0.6 is 11.6 Å². The van der Waals surface area contributed by atoms with E-state index in [9.17, 15) is 4.79 Å². The summed E-state index contributed by atoms with van der Waals surface area (Å²) < 4.78 is 0. The second-order valence-corrected chi connectivity index (χ2v) is 8.60. The summed E-state index contributed by atoms with van der Waals surface area (Å²) in [6.45, 7) is 3.08. The van der Waals surface area contributed by atoms with Crippen LogP contribution in [0.25, 0.3) is 11.0 Å². The summed E-state index contributed by atoms with van der Waals surface area (Å²) in [6.07, 6.45) is 0.271. The predicted molar refractivity (Wildman–Crippen MR) is 128 cm³/mol. The SMILES string of the molecule is O=C(Cc1nc2cc(Cl)ccc2[nH]1)N1CCN(C(c2ccccc2)c2ccccc2)CC1. The molecule has 1 aliphatic heterocycles. The van der Waals surface area contributed by atoms with Crippen molar-refractivity contribution in [3.63, 3.8) is 0 Å². The van der Waals surface area contributed by atoms with Crippen molar-refractivity contribution in [3.05, 3.63) is 101 Å². The van der Waals surface area contributed by atoms with E-state index in [1.54, 1.807) is 0 Å². The lowest BCUT2D eigenvalue weighted by atomic mass is 9.96. The van der Waals surface area contributed by atoms with E-state index < -0.39 is 0 Å². The van der Waals surface area contributed by atoms with Crippen LogP contribution in [0.4, 0.5) is 0 Å².